The fourth-order valence-corrected chi connectivity index (χ4v) is 1.70. The van der Waals surface area contributed by atoms with Crippen molar-refractivity contribution >= 4 is 11.6 Å². The Bertz CT molecular complexity index is 578. The number of benzene rings is 1. The van der Waals surface area contributed by atoms with Crippen LogP contribution in [0.2, 0.25) is 5.15 Å². The van der Waals surface area contributed by atoms with Gasteiger partial charge in [0, 0.05) is 18.7 Å². The van der Waals surface area contributed by atoms with Crippen LogP contribution in [0, 0.1) is 11.6 Å². The summed E-state index contributed by atoms with van der Waals surface area (Å²) in [5, 5.41) is 0.149. The highest BCUT2D eigenvalue weighted by molar-refractivity contribution is 6.29. The van der Waals surface area contributed by atoms with Gasteiger partial charge in [-0.3, -0.25) is 0 Å². The second-order valence-electron chi connectivity index (χ2n) is 3.53. The van der Waals surface area contributed by atoms with Gasteiger partial charge in [-0.1, -0.05) is 17.7 Å². The van der Waals surface area contributed by atoms with Crippen LogP contribution in [0.15, 0.2) is 24.3 Å². The van der Waals surface area contributed by atoms with Crippen LogP contribution in [0.4, 0.5) is 8.78 Å². The Hall–Kier alpha value is -1.59. The number of nitrogens with zero attached hydrogens (tertiary/aromatic N) is 2. The Kier molecular flexibility index (Phi) is 3.84. The molecule has 0 saturated carbocycles. The van der Waals surface area contributed by atoms with Crippen LogP contribution in [-0.2, 0) is 11.3 Å². The summed E-state index contributed by atoms with van der Waals surface area (Å²) in [7, 11) is 1.48. The first-order valence-electron chi connectivity index (χ1n) is 5.08. The highest BCUT2D eigenvalue weighted by Crippen LogP contribution is 2.24. The summed E-state index contributed by atoms with van der Waals surface area (Å²) in [5.74, 6) is -1.59. The predicted molar refractivity (Wildman–Crippen MR) is 63.1 cm³/mol. The van der Waals surface area contributed by atoms with Gasteiger partial charge >= 0.3 is 0 Å². The first kappa shape index (κ1) is 12.9. The van der Waals surface area contributed by atoms with Crippen LogP contribution in [0.1, 0.15) is 5.82 Å². The summed E-state index contributed by atoms with van der Waals surface area (Å²) in [6, 6.07) is 5.24. The molecule has 0 saturated heterocycles. The maximum absolute atomic E-state index is 13.6. The molecule has 1 aromatic heterocycles. The summed E-state index contributed by atoms with van der Waals surface area (Å²) in [6.45, 7) is 0.143. The molecule has 0 spiro atoms. The zero-order valence-corrected chi connectivity index (χ0v) is 10.2. The first-order chi connectivity index (χ1) is 8.61. The predicted octanol–water partition coefficient (Wildman–Crippen LogP) is 3.22. The van der Waals surface area contributed by atoms with E-state index in [0.717, 1.165) is 6.07 Å². The van der Waals surface area contributed by atoms with Crippen molar-refractivity contribution in [1.29, 1.82) is 0 Å². The largest absolute Gasteiger partial charge is 0.377 e. The molecule has 1 aromatic carbocycles. The molecule has 0 N–H and O–H groups in total. The highest BCUT2D eigenvalue weighted by atomic mass is 35.5. The molecule has 0 fully saturated rings. The van der Waals surface area contributed by atoms with E-state index in [2.05, 4.69) is 9.97 Å². The fraction of sp³-hybridized carbons (Fsp3) is 0.167. The van der Waals surface area contributed by atoms with Crippen molar-refractivity contribution in [3.8, 4) is 11.3 Å². The molecule has 3 nitrogen and oxygen atoms in total. The minimum Gasteiger partial charge on any atom is -0.377 e. The molecule has 0 aliphatic rings. The van der Waals surface area contributed by atoms with E-state index in [4.69, 9.17) is 16.3 Å². The zero-order chi connectivity index (χ0) is 13.1. The first-order valence-corrected chi connectivity index (χ1v) is 5.46. The Balaban J connectivity index is 2.53. The third-order valence-corrected chi connectivity index (χ3v) is 2.44. The van der Waals surface area contributed by atoms with Crippen molar-refractivity contribution in [2.24, 2.45) is 0 Å². The second-order valence-corrected chi connectivity index (χ2v) is 3.91. The van der Waals surface area contributed by atoms with Gasteiger partial charge in [-0.25, -0.2) is 18.7 Å². The van der Waals surface area contributed by atoms with Crippen LogP contribution in [0.25, 0.3) is 11.3 Å². The number of methoxy groups -OCH3 is 1. The van der Waals surface area contributed by atoms with Crippen molar-refractivity contribution in [3.63, 3.8) is 0 Å². The molecule has 0 amide bonds. The zero-order valence-electron chi connectivity index (χ0n) is 9.45. The van der Waals surface area contributed by atoms with Crippen molar-refractivity contribution in [3.05, 3.63) is 46.9 Å². The van der Waals surface area contributed by atoms with Crippen molar-refractivity contribution in [2.75, 3.05) is 7.11 Å². The third kappa shape index (κ3) is 2.63. The molecular weight excluding hydrogens is 262 g/mol. The topological polar surface area (TPSA) is 35.0 Å². The second kappa shape index (κ2) is 5.37. The molecule has 2 aromatic rings. The van der Waals surface area contributed by atoms with Gasteiger partial charge in [0.2, 0.25) is 0 Å². The van der Waals surface area contributed by atoms with Gasteiger partial charge in [-0.05, 0) is 12.1 Å². The van der Waals surface area contributed by atoms with Crippen LogP contribution in [-0.4, -0.2) is 17.1 Å². The number of hydrogen-bond donors (Lipinski definition) is 0. The molecule has 6 heteroatoms. The summed E-state index contributed by atoms with van der Waals surface area (Å²) < 4.78 is 31.6. The molecule has 0 aliphatic carbocycles. The monoisotopic (exact) mass is 270 g/mol. The van der Waals surface area contributed by atoms with E-state index in [1.54, 1.807) is 0 Å². The summed E-state index contributed by atoms with van der Waals surface area (Å²) in [5.41, 5.74) is 0.260. The minimum absolute atomic E-state index is 0.0386. The average Bonchev–Trinajstić information content (AvgIpc) is 2.32. The van der Waals surface area contributed by atoms with Gasteiger partial charge in [0.25, 0.3) is 0 Å². The smallest absolute Gasteiger partial charge is 0.168 e. The van der Waals surface area contributed by atoms with Gasteiger partial charge in [0.1, 0.15) is 11.8 Å². The van der Waals surface area contributed by atoms with Gasteiger partial charge in [-0.15, -0.1) is 0 Å². The van der Waals surface area contributed by atoms with Crippen molar-refractivity contribution in [2.45, 2.75) is 6.61 Å². The summed E-state index contributed by atoms with van der Waals surface area (Å²) >= 11 is 5.80. The molecule has 0 unspecified atom stereocenters. The molecule has 0 bridgehead atoms. The lowest BCUT2D eigenvalue weighted by Crippen LogP contribution is -2.00. The molecule has 94 valence electrons. The molecule has 2 rings (SSSR count). The maximum Gasteiger partial charge on any atom is 0.168 e. The summed E-state index contributed by atoms with van der Waals surface area (Å²) in [6.07, 6.45) is 0. The van der Waals surface area contributed by atoms with E-state index >= 15 is 0 Å². The SMILES string of the molecule is COCc1nc(Cl)cc(-c2cccc(F)c2F)n1. The number of rotatable bonds is 3. The molecule has 18 heavy (non-hydrogen) atoms. The highest BCUT2D eigenvalue weighted by Gasteiger charge is 2.13. The molecular formula is C12H9ClF2N2O. The van der Waals surface area contributed by atoms with Crippen LogP contribution in [0.5, 0.6) is 0 Å². The summed E-state index contributed by atoms with van der Waals surface area (Å²) in [4.78, 5) is 7.98. The number of halogens is 3. The number of hydrogen-bond acceptors (Lipinski definition) is 3. The van der Waals surface area contributed by atoms with E-state index in [1.165, 1.54) is 25.3 Å². The van der Waals surface area contributed by atoms with Gasteiger partial charge in [0.05, 0.1) is 5.69 Å². The lowest BCUT2D eigenvalue weighted by molar-refractivity contribution is 0.178. The van der Waals surface area contributed by atoms with Crippen molar-refractivity contribution in [1.82, 2.24) is 9.97 Å². The van der Waals surface area contributed by atoms with E-state index in [1.807, 2.05) is 0 Å². The fourth-order valence-electron chi connectivity index (χ4n) is 1.50. The molecule has 0 radical (unpaired) electrons. The van der Waals surface area contributed by atoms with Crippen molar-refractivity contribution < 1.29 is 13.5 Å². The number of aromatic nitrogens is 2. The molecule has 0 aliphatic heterocycles. The normalized spacial score (nSPS) is 10.7. The van der Waals surface area contributed by atoms with Crippen LogP contribution in [0.3, 0.4) is 0 Å². The molecule has 0 atom stereocenters. The average molecular weight is 271 g/mol. The van der Waals surface area contributed by atoms with Crippen LogP contribution < -0.4 is 0 Å². The lowest BCUT2D eigenvalue weighted by atomic mass is 10.1. The lowest BCUT2D eigenvalue weighted by Gasteiger charge is -2.06. The van der Waals surface area contributed by atoms with E-state index in [0.29, 0.717) is 5.82 Å². The Morgan fingerprint density at radius 2 is 2.06 bits per heavy atom. The Morgan fingerprint density at radius 3 is 2.78 bits per heavy atom. The van der Waals surface area contributed by atoms with E-state index in [9.17, 15) is 8.78 Å². The van der Waals surface area contributed by atoms with Gasteiger partial charge in [0.15, 0.2) is 17.5 Å². The third-order valence-electron chi connectivity index (χ3n) is 2.24. The number of ether oxygens (including phenoxy) is 1. The van der Waals surface area contributed by atoms with Gasteiger partial charge < -0.3 is 4.74 Å². The van der Waals surface area contributed by atoms with E-state index < -0.39 is 11.6 Å². The van der Waals surface area contributed by atoms with Crippen LogP contribution >= 0.6 is 11.6 Å². The van der Waals surface area contributed by atoms with Gasteiger partial charge in [-0.2, -0.15) is 0 Å². The quantitative estimate of drug-likeness (QED) is 0.803. The Labute approximate surface area is 107 Å². The Morgan fingerprint density at radius 1 is 1.28 bits per heavy atom. The minimum atomic E-state index is -0.962. The van der Waals surface area contributed by atoms with E-state index in [-0.39, 0.29) is 23.0 Å². The molecule has 1 heterocycles. The maximum atomic E-state index is 13.6. The standard InChI is InChI=1S/C12H9ClF2N2O/c1-18-6-11-16-9(5-10(13)17-11)7-3-2-4-8(14)12(7)15/h2-5H,6H2,1H3.